The van der Waals surface area contributed by atoms with Crippen LogP contribution in [-0.2, 0) is 9.47 Å². The monoisotopic (exact) mass is 280 g/mol. The molecule has 1 aliphatic carbocycles. The van der Waals surface area contributed by atoms with Gasteiger partial charge in [0.2, 0.25) is 0 Å². The first-order chi connectivity index (χ1) is 9.54. The molecule has 1 aliphatic heterocycles. The van der Waals surface area contributed by atoms with Crippen molar-refractivity contribution in [1.29, 1.82) is 0 Å². The molecule has 5 atom stereocenters. The molecular weight excluding hydrogens is 264 g/mol. The van der Waals surface area contributed by atoms with Gasteiger partial charge in [-0.05, 0) is 25.0 Å². The first-order valence-corrected chi connectivity index (χ1v) is 6.52. The highest BCUT2D eigenvalue weighted by Crippen LogP contribution is 2.47. The van der Waals surface area contributed by atoms with Crippen LogP contribution in [0.15, 0.2) is 30.3 Å². The SMILES string of the molecule is O=C(O[C@H]1CC[C@]12O[C@@H](O)C(O)[C@H]2O)c1ccccc1. The highest BCUT2D eigenvalue weighted by molar-refractivity contribution is 5.89. The van der Waals surface area contributed by atoms with Crippen LogP contribution in [0.2, 0.25) is 0 Å². The smallest absolute Gasteiger partial charge is 0.338 e. The minimum atomic E-state index is -1.46. The second kappa shape index (κ2) is 4.82. The fraction of sp³-hybridized carbons (Fsp3) is 0.500. The Morgan fingerprint density at radius 1 is 1.25 bits per heavy atom. The summed E-state index contributed by atoms with van der Waals surface area (Å²) in [4.78, 5) is 12.0. The molecule has 20 heavy (non-hydrogen) atoms. The molecule has 1 saturated carbocycles. The molecule has 1 unspecified atom stereocenters. The summed E-state index contributed by atoms with van der Waals surface area (Å²) in [5, 5.41) is 29.0. The maximum absolute atomic E-state index is 12.0. The average molecular weight is 280 g/mol. The number of hydrogen-bond acceptors (Lipinski definition) is 6. The molecule has 1 heterocycles. The van der Waals surface area contributed by atoms with Crippen molar-refractivity contribution < 1.29 is 29.6 Å². The largest absolute Gasteiger partial charge is 0.456 e. The van der Waals surface area contributed by atoms with Crippen LogP contribution in [0.25, 0.3) is 0 Å². The normalized spacial score (nSPS) is 39.5. The molecule has 0 bridgehead atoms. The number of carbonyl (C=O) groups excluding carboxylic acids is 1. The van der Waals surface area contributed by atoms with Crippen LogP contribution in [0.4, 0.5) is 0 Å². The Morgan fingerprint density at radius 2 is 1.95 bits per heavy atom. The van der Waals surface area contributed by atoms with Crippen molar-refractivity contribution in [2.24, 2.45) is 0 Å². The zero-order chi connectivity index (χ0) is 14.3. The number of aliphatic hydroxyl groups is 3. The summed E-state index contributed by atoms with van der Waals surface area (Å²) < 4.78 is 10.6. The van der Waals surface area contributed by atoms with Gasteiger partial charge in [-0.3, -0.25) is 0 Å². The Balaban J connectivity index is 1.72. The van der Waals surface area contributed by atoms with Gasteiger partial charge < -0.3 is 24.8 Å². The fourth-order valence-electron chi connectivity index (χ4n) is 2.76. The highest BCUT2D eigenvalue weighted by atomic mass is 16.7. The van der Waals surface area contributed by atoms with Gasteiger partial charge in [-0.1, -0.05) is 18.2 Å². The second-order valence-corrected chi connectivity index (χ2v) is 5.20. The number of aliphatic hydroxyl groups excluding tert-OH is 3. The van der Waals surface area contributed by atoms with E-state index < -0.39 is 36.2 Å². The van der Waals surface area contributed by atoms with E-state index in [1.807, 2.05) is 0 Å². The molecule has 2 aliphatic rings. The van der Waals surface area contributed by atoms with E-state index in [-0.39, 0.29) is 0 Å². The van der Waals surface area contributed by atoms with Gasteiger partial charge in [0.25, 0.3) is 0 Å². The molecular formula is C14H16O6. The van der Waals surface area contributed by atoms with Crippen molar-refractivity contribution in [3.63, 3.8) is 0 Å². The van der Waals surface area contributed by atoms with E-state index in [2.05, 4.69) is 0 Å². The Hall–Kier alpha value is -1.47. The maximum Gasteiger partial charge on any atom is 0.338 e. The zero-order valence-electron chi connectivity index (χ0n) is 10.7. The van der Waals surface area contributed by atoms with Gasteiger partial charge in [0.05, 0.1) is 5.56 Å². The molecule has 6 heteroatoms. The van der Waals surface area contributed by atoms with Gasteiger partial charge in [-0.2, -0.15) is 0 Å². The third kappa shape index (κ3) is 1.92. The lowest BCUT2D eigenvalue weighted by Crippen LogP contribution is -2.61. The lowest BCUT2D eigenvalue weighted by atomic mass is 9.72. The predicted molar refractivity (Wildman–Crippen MR) is 66.7 cm³/mol. The number of ether oxygens (including phenoxy) is 2. The molecule has 108 valence electrons. The summed E-state index contributed by atoms with van der Waals surface area (Å²) in [6.45, 7) is 0. The van der Waals surface area contributed by atoms with Crippen molar-refractivity contribution >= 4 is 5.97 Å². The third-order valence-corrected chi connectivity index (χ3v) is 4.06. The quantitative estimate of drug-likeness (QED) is 0.650. The topological polar surface area (TPSA) is 96.2 Å². The van der Waals surface area contributed by atoms with Crippen LogP contribution >= 0.6 is 0 Å². The van der Waals surface area contributed by atoms with E-state index in [0.717, 1.165) is 0 Å². The summed E-state index contributed by atoms with van der Waals surface area (Å²) in [7, 11) is 0. The summed E-state index contributed by atoms with van der Waals surface area (Å²) in [6.07, 6.45) is -3.82. The van der Waals surface area contributed by atoms with Crippen LogP contribution in [0.1, 0.15) is 23.2 Å². The highest BCUT2D eigenvalue weighted by Gasteiger charge is 2.64. The van der Waals surface area contributed by atoms with E-state index in [1.54, 1.807) is 30.3 Å². The van der Waals surface area contributed by atoms with Gasteiger partial charge in [0.1, 0.15) is 23.9 Å². The molecule has 1 aromatic carbocycles. The average Bonchev–Trinajstić information content (AvgIpc) is 2.70. The number of hydrogen-bond donors (Lipinski definition) is 3. The Labute approximate surface area is 115 Å². The lowest BCUT2D eigenvalue weighted by Gasteiger charge is -2.46. The van der Waals surface area contributed by atoms with Gasteiger partial charge in [-0.15, -0.1) is 0 Å². The third-order valence-electron chi connectivity index (χ3n) is 4.06. The van der Waals surface area contributed by atoms with E-state index in [0.29, 0.717) is 18.4 Å². The van der Waals surface area contributed by atoms with Crippen LogP contribution in [0.5, 0.6) is 0 Å². The standard InChI is InChI=1S/C14H16O6/c15-10-11(16)14(20-13(10)18)7-6-9(14)19-12(17)8-4-2-1-3-5-8/h1-5,9-11,13,15-16,18H,6-7H2/t9-,10?,11+,13+,14-/m0/s1. The van der Waals surface area contributed by atoms with Gasteiger partial charge >= 0.3 is 5.97 Å². The molecule has 0 aromatic heterocycles. The summed E-state index contributed by atoms with van der Waals surface area (Å²) in [5.74, 6) is -0.513. The predicted octanol–water partition coefficient (Wildman–Crippen LogP) is -0.185. The molecule has 1 aromatic rings. The molecule has 0 radical (unpaired) electrons. The second-order valence-electron chi connectivity index (χ2n) is 5.20. The van der Waals surface area contributed by atoms with Crippen LogP contribution < -0.4 is 0 Å². The number of benzene rings is 1. The lowest BCUT2D eigenvalue weighted by molar-refractivity contribution is -0.235. The minimum Gasteiger partial charge on any atom is -0.456 e. The van der Waals surface area contributed by atoms with E-state index in [9.17, 15) is 20.1 Å². The minimum absolute atomic E-state index is 0.406. The summed E-state index contributed by atoms with van der Waals surface area (Å²) in [5.41, 5.74) is -0.786. The first kappa shape index (κ1) is 13.5. The van der Waals surface area contributed by atoms with Crippen molar-refractivity contribution in [3.05, 3.63) is 35.9 Å². The molecule has 3 N–H and O–H groups in total. The van der Waals surface area contributed by atoms with Crippen LogP contribution in [-0.4, -0.2) is 51.5 Å². The molecule has 2 fully saturated rings. The zero-order valence-corrected chi connectivity index (χ0v) is 10.7. The Morgan fingerprint density at radius 3 is 2.45 bits per heavy atom. The fourth-order valence-corrected chi connectivity index (χ4v) is 2.76. The van der Waals surface area contributed by atoms with Crippen molar-refractivity contribution in [2.75, 3.05) is 0 Å². The molecule has 6 nitrogen and oxygen atoms in total. The van der Waals surface area contributed by atoms with Crippen molar-refractivity contribution in [1.82, 2.24) is 0 Å². The Bertz CT molecular complexity index is 504. The first-order valence-electron chi connectivity index (χ1n) is 6.52. The summed E-state index contributed by atoms with van der Waals surface area (Å²) >= 11 is 0. The van der Waals surface area contributed by atoms with Gasteiger partial charge in [-0.25, -0.2) is 4.79 Å². The van der Waals surface area contributed by atoms with Crippen molar-refractivity contribution in [3.8, 4) is 0 Å². The van der Waals surface area contributed by atoms with Gasteiger partial charge in [0.15, 0.2) is 6.29 Å². The van der Waals surface area contributed by atoms with Crippen LogP contribution in [0.3, 0.4) is 0 Å². The number of rotatable bonds is 2. The molecule has 1 spiro atoms. The molecule has 3 rings (SSSR count). The molecule has 0 amide bonds. The number of carbonyl (C=O) groups is 1. The van der Waals surface area contributed by atoms with Gasteiger partial charge in [0, 0.05) is 0 Å². The summed E-state index contributed by atoms with van der Waals surface area (Å²) in [6, 6.07) is 8.49. The van der Waals surface area contributed by atoms with Crippen LogP contribution in [0, 0.1) is 0 Å². The van der Waals surface area contributed by atoms with E-state index in [4.69, 9.17) is 9.47 Å². The van der Waals surface area contributed by atoms with Crippen molar-refractivity contribution in [2.45, 2.75) is 43.0 Å². The molecule has 1 saturated heterocycles. The maximum atomic E-state index is 12.0. The Kier molecular flexibility index (Phi) is 3.25. The van der Waals surface area contributed by atoms with E-state index in [1.165, 1.54) is 0 Å². The number of esters is 1. The van der Waals surface area contributed by atoms with E-state index >= 15 is 0 Å².